The minimum absolute atomic E-state index is 0.00238. The van der Waals surface area contributed by atoms with Crippen molar-refractivity contribution in [2.75, 3.05) is 48.8 Å². The van der Waals surface area contributed by atoms with Crippen LogP contribution in [0.25, 0.3) is 16.6 Å². The molecular formula is C26H25F2N7O. The molecule has 1 aliphatic rings. The van der Waals surface area contributed by atoms with Gasteiger partial charge < -0.3 is 20.4 Å². The molecule has 0 radical (unpaired) electrons. The van der Waals surface area contributed by atoms with E-state index in [1.54, 1.807) is 28.9 Å². The Balaban J connectivity index is 1.42. The molecule has 8 nitrogen and oxygen atoms in total. The maximum absolute atomic E-state index is 15.0. The third-order valence-electron chi connectivity index (χ3n) is 6.21. The van der Waals surface area contributed by atoms with E-state index in [9.17, 15) is 13.6 Å². The van der Waals surface area contributed by atoms with Gasteiger partial charge in [0.25, 0.3) is 0 Å². The van der Waals surface area contributed by atoms with E-state index in [4.69, 9.17) is 0 Å². The molecule has 0 bridgehead atoms. The molecule has 184 valence electrons. The van der Waals surface area contributed by atoms with Crippen LogP contribution in [0.15, 0.2) is 67.6 Å². The summed E-state index contributed by atoms with van der Waals surface area (Å²) in [5.41, 5.74) is 3.18. The van der Waals surface area contributed by atoms with E-state index < -0.39 is 11.6 Å². The second kappa shape index (κ2) is 9.74. The summed E-state index contributed by atoms with van der Waals surface area (Å²) in [7, 11) is 2.01. The van der Waals surface area contributed by atoms with Crippen molar-refractivity contribution in [3.05, 3.63) is 79.3 Å². The Bertz CT molecular complexity index is 1440. The number of amides is 1. The van der Waals surface area contributed by atoms with Crippen LogP contribution in [0.3, 0.4) is 0 Å². The average Bonchev–Trinajstić information content (AvgIpc) is 3.31. The standard InChI is InChI=1S/C26H25F2N7O/c1-3-24(36)31-18-6-4-5-17(13-18)19-15-30-35-16-29-23(14-22(19)35)32-20-7-8-21(26(28)25(20)27)34-11-9-33(2)10-12-34/h3-8,13-16,32H,1,9-12H2,2H3,(H,31,36). The van der Waals surface area contributed by atoms with Gasteiger partial charge in [-0.3, -0.25) is 4.79 Å². The van der Waals surface area contributed by atoms with Crippen LogP contribution in [0.4, 0.5) is 31.7 Å². The molecule has 4 aromatic rings. The third-order valence-corrected chi connectivity index (χ3v) is 6.21. The molecule has 2 aromatic heterocycles. The van der Waals surface area contributed by atoms with Crippen molar-refractivity contribution in [2.45, 2.75) is 0 Å². The van der Waals surface area contributed by atoms with Crippen LogP contribution in [-0.4, -0.2) is 58.6 Å². The van der Waals surface area contributed by atoms with Gasteiger partial charge >= 0.3 is 0 Å². The molecule has 1 fully saturated rings. The Kier molecular flexibility index (Phi) is 6.34. The van der Waals surface area contributed by atoms with Gasteiger partial charge in [0.2, 0.25) is 5.91 Å². The molecule has 0 unspecified atom stereocenters. The summed E-state index contributed by atoms with van der Waals surface area (Å²) >= 11 is 0. The molecule has 2 aromatic carbocycles. The van der Waals surface area contributed by atoms with Crippen molar-refractivity contribution < 1.29 is 13.6 Å². The first-order valence-electron chi connectivity index (χ1n) is 11.5. The third kappa shape index (κ3) is 4.63. The maximum atomic E-state index is 15.0. The number of fused-ring (bicyclic) bond motifs is 1. The summed E-state index contributed by atoms with van der Waals surface area (Å²) < 4.78 is 31.5. The monoisotopic (exact) mass is 489 g/mol. The number of nitrogens with zero attached hydrogens (tertiary/aromatic N) is 5. The van der Waals surface area contributed by atoms with Gasteiger partial charge in [-0.1, -0.05) is 18.7 Å². The predicted molar refractivity (Wildman–Crippen MR) is 137 cm³/mol. The number of benzene rings is 2. The van der Waals surface area contributed by atoms with Gasteiger partial charge in [0.1, 0.15) is 12.1 Å². The highest BCUT2D eigenvalue weighted by Gasteiger charge is 2.21. The zero-order chi connectivity index (χ0) is 25.2. The number of likely N-dealkylation sites (N-methyl/N-ethyl adjacent to an activating group) is 1. The number of rotatable bonds is 6. The summed E-state index contributed by atoms with van der Waals surface area (Å²) in [6.45, 7) is 6.33. The largest absolute Gasteiger partial charge is 0.367 e. The first-order chi connectivity index (χ1) is 17.4. The van der Waals surface area contributed by atoms with Crippen LogP contribution < -0.4 is 15.5 Å². The Labute approximate surface area is 206 Å². The van der Waals surface area contributed by atoms with E-state index in [0.717, 1.165) is 24.2 Å². The first kappa shape index (κ1) is 23.4. The lowest BCUT2D eigenvalue weighted by molar-refractivity contribution is -0.111. The number of hydrogen-bond donors (Lipinski definition) is 2. The van der Waals surface area contributed by atoms with E-state index in [2.05, 4.69) is 32.2 Å². The van der Waals surface area contributed by atoms with Crippen molar-refractivity contribution in [1.82, 2.24) is 19.5 Å². The zero-order valence-corrected chi connectivity index (χ0v) is 19.7. The first-order valence-corrected chi connectivity index (χ1v) is 11.5. The lowest BCUT2D eigenvalue weighted by Gasteiger charge is -2.34. The molecule has 10 heteroatoms. The highest BCUT2D eigenvalue weighted by atomic mass is 19.2. The predicted octanol–water partition coefficient (Wildman–Crippen LogP) is 4.29. The molecule has 0 saturated carbocycles. The number of carbonyl (C=O) groups is 1. The van der Waals surface area contributed by atoms with Gasteiger partial charge in [0.05, 0.1) is 23.1 Å². The second-order valence-corrected chi connectivity index (χ2v) is 8.61. The molecule has 2 N–H and O–H groups in total. The molecule has 0 spiro atoms. The second-order valence-electron chi connectivity index (χ2n) is 8.61. The molecule has 3 heterocycles. The number of halogens is 2. The van der Waals surface area contributed by atoms with Gasteiger partial charge in [-0.05, 0) is 43.0 Å². The summed E-state index contributed by atoms with van der Waals surface area (Å²) in [6.07, 6.45) is 4.38. The summed E-state index contributed by atoms with van der Waals surface area (Å²) in [6, 6.07) is 12.1. The van der Waals surface area contributed by atoms with Gasteiger partial charge in [0.15, 0.2) is 11.6 Å². The summed E-state index contributed by atoms with van der Waals surface area (Å²) in [4.78, 5) is 20.0. The SMILES string of the molecule is C=CC(=O)Nc1cccc(-c2cnn3cnc(Nc4ccc(N5CCN(C)CC5)c(F)c4F)cc23)c1. The lowest BCUT2D eigenvalue weighted by atomic mass is 10.1. The van der Waals surface area contributed by atoms with E-state index in [0.29, 0.717) is 30.1 Å². The van der Waals surface area contributed by atoms with Crippen molar-refractivity contribution in [3.63, 3.8) is 0 Å². The molecule has 1 saturated heterocycles. The Morgan fingerprint density at radius 2 is 1.89 bits per heavy atom. The highest BCUT2D eigenvalue weighted by molar-refractivity contribution is 5.99. The smallest absolute Gasteiger partial charge is 0.247 e. The van der Waals surface area contributed by atoms with E-state index in [1.807, 2.05) is 30.1 Å². The fraction of sp³-hybridized carbons (Fsp3) is 0.192. The van der Waals surface area contributed by atoms with Gasteiger partial charge in [-0.2, -0.15) is 5.10 Å². The molecule has 0 atom stereocenters. The van der Waals surface area contributed by atoms with E-state index in [1.165, 1.54) is 18.5 Å². The van der Waals surface area contributed by atoms with E-state index in [-0.39, 0.29) is 17.3 Å². The maximum Gasteiger partial charge on any atom is 0.247 e. The van der Waals surface area contributed by atoms with Crippen molar-refractivity contribution in [1.29, 1.82) is 0 Å². The number of anilines is 4. The number of nitrogens with one attached hydrogen (secondary N) is 2. The van der Waals surface area contributed by atoms with Gasteiger partial charge in [-0.15, -0.1) is 0 Å². The van der Waals surface area contributed by atoms with Gasteiger partial charge in [0, 0.05) is 43.5 Å². The van der Waals surface area contributed by atoms with Crippen LogP contribution >= 0.6 is 0 Å². The van der Waals surface area contributed by atoms with Gasteiger partial charge in [-0.25, -0.2) is 18.3 Å². The van der Waals surface area contributed by atoms with Crippen molar-refractivity contribution in [3.8, 4) is 11.1 Å². The molecule has 36 heavy (non-hydrogen) atoms. The Hall–Kier alpha value is -4.31. The van der Waals surface area contributed by atoms with Crippen LogP contribution in [0, 0.1) is 11.6 Å². The number of carbonyl (C=O) groups excluding carboxylic acids is 1. The summed E-state index contributed by atoms with van der Waals surface area (Å²) in [5.74, 6) is -1.80. The highest BCUT2D eigenvalue weighted by Crippen LogP contribution is 2.31. The minimum atomic E-state index is -0.951. The number of piperazine rings is 1. The Morgan fingerprint density at radius 1 is 1.08 bits per heavy atom. The molecule has 5 rings (SSSR count). The van der Waals surface area contributed by atoms with E-state index >= 15 is 0 Å². The fourth-order valence-electron chi connectivity index (χ4n) is 4.21. The number of hydrogen-bond acceptors (Lipinski definition) is 6. The quantitative estimate of drug-likeness (QED) is 0.394. The van der Waals surface area contributed by atoms with Crippen LogP contribution in [0.2, 0.25) is 0 Å². The normalized spacial score (nSPS) is 14.1. The summed E-state index contributed by atoms with van der Waals surface area (Å²) in [5, 5.41) is 9.96. The minimum Gasteiger partial charge on any atom is -0.367 e. The van der Waals surface area contributed by atoms with Crippen LogP contribution in [0.1, 0.15) is 0 Å². The molecular weight excluding hydrogens is 464 g/mol. The van der Waals surface area contributed by atoms with Crippen molar-refractivity contribution >= 4 is 34.3 Å². The average molecular weight is 490 g/mol. The lowest BCUT2D eigenvalue weighted by Crippen LogP contribution is -2.44. The van der Waals surface area contributed by atoms with Crippen LogP contribution in [0.5, 0.6) is 0 Å². The van der Waals surface area contributed by atoms with Crippen molar-refractivity contribution in [2.24, 2.45) is 0 Å². The Morgan fingerprint density at radius 3 is 2.67 bits per heavy atom. The molecule has 1 aliphatic heterocycles. The zero-order valence-electron chi connectivity index (χ0n) is 19.7. The van der Waals surface area contributed by atoms with Crippen LogP contribution in [-0.2, 0) is 4.79 Å². The topological polar surface area (TPSA) is 77.8 Å². The fourth-order valence-corrected chi connectivity index (χ4v) is 4.21. The molecule has 1 amide bonds. The number of aromatic nitrogens is 3. The molecule has 0 aliphatic carbocycles.